The van der Waals surface area contributed by atoms with E-state index in [9.17, 15) is 9.59 Å². The van der Waals surface area contributed by atoms with E-state index in [4.69, 9.17) is 5.73 Å². The highest BCUT2D eigenvalue weighted by atomic mass is 16.1. The van der Waals surface area contributed by atoms with Crippen molar-refractivity contribution in [1.82, 2.24) is 0 Å². The molecule has 1 aliphatic carbocycles. The third-order valence-corrected chi connectivity index (χ3v) is 2.74. The van der Waals surface area contributed by atoms with Crippen LogP contribution in [0.15, 0.2) is 4.99 Å². The van der Waals surface area contributed by atoms with Gasteiger partial charge in [-0.3, -0.25) is 14.6 Å². The number of aliphatic imine (C=N–C) groups is 1. The Bertz CT molecular complexity index is 266. The van der Waals surface area contributed by atoms with Gasteiger partial charge in [-0.2, -0.15) is 0 Å². The van der Waals surface area contributed by atoms with Crippen LogP contribution in [0.5, 0.6) is 0 Å². The molecule has 0 bridgehead atoms. The van der Waals surface area contributed by atoms with Gasteiger partial charge in [0.2, 0.25) is 5.91 Å². The molecule has 0 aromatic rings. The normalized spacial score (nSPS) is 16.6. The second-order valence-electron chi connectivity index (χ2n) is 4.19. The molecule has 1 amide bonds. The number of nitrogens with zero attached hydrogens (tertiary/aromatic N) is 1. The van der Waals surface area contributed by atoms with E-state index in [1.54, 1.807) is 20.9 Å². The van der Waals surface area contributed by atoms with Crippen LogP contribution in [0, 0.1) is 5.92 Å². The smallest absolute Gasteiger partial charge is 0.223 e. The molecule has 0 heterocycles. The van der Waals surface area contributed by atoms with Crippen molar-refractivity contribution < 1.29 is 9.59 Å². The summed E-state index contributed by atoms with van der Waals surface area (Å²) in [4.78, 5) is 24.5. The monoisotopic (exact) mass is 226 g/mol. The Kier molecular flexibility index (Phi) is 7.42. The number of rotatable bonds is 3. The van der Waals surface area contributed by atoms with Crippen molar-refractivity contribution in [3.05, 3.63) is 0 Å². The van der Waals surface area contributed by atoms with Gasteiger partial charge in [0.1, 0.15) is 5.78 Å². The Labute approximate surface area is 97.3 Å². The van der Waals surface area contributed by atoms with E-state index in [0.717, 1.165) is 18.6 Å². The SMILES string of the molecule is CC(=O)C1CCCC1.CN=C(C)CC(N)=O. The van der Waals surface area contributed by atoms with E-state index < -0.39 is 0 Å². The van der Waals surface area contributed by atoms with Gasteiger partial charge in [0.05, 0.1) is 6.42 Å². The molecule has 0 saturated heterocycles. The van der Waals surface area contributed by atoms with Crippen molar-refractivity contribution in [2.45, 2.75) is 46.0 Å². The first-order valence-electron chi connectivity index (χ1n) is 5.68. The van der Waals surface area contributed by atoms with Crippen LogP contribution < -0.4 is 5.73 Å². The third kappa shape index (κ3) is 7.15. The minimum absolute atomic E-state index is 0.274. The highest BCUT2D eigenvalue weighted by Crippen LogP contribution is 2.24. The molecule has 0 aromatic heterocycles. The summed E-state index contributed by atoms with van der Waals surface area (Å²) in [6.45, 7) is 3.47. The topological polar surface area (TPSA) is 72.5 Å². The molecule has 1 rings (SSSR count). The number of ketones is 1. The Morgan fingerprint density at radius 2 is 1.75 bits per heavy atom. The molecular weight excluding hydrogens is 204 g/mol. The zero-order chi connectivity index (χ0) is 12.6. The van der Waals surface area contributed by atoms with Crippen molar-refractivity contribution in [1.29, 1.82) is 0 Å². The van der Waals surface area contributed by atoms with Crippen LogP contribution in [-0.2, 0) is 9.59 Å². The molecule has 4 nitrogen and oxygen atoms in total. The first-order chi connectivity index (χ1) is 7.47. The molecule has 0 unspecified atom stereocenters. The van der Waals surface area contributed by atoms with Crippen LogP contribution in [0.1, 0.15) is 46.0 Å². The summed E-state index contributed by atoms with van der Waals surface area (Å²) in [5.74, 6) is 0.491. The van der Waals surface area contributed by atoms with Crippen molar-refractivity contribution in [3.63, 3.8) is 0 Å². The lowest BCUT2D eigenvalue weighted by Gasteiger charge is -1.99. The molecule has 0 aliphatic heterocycles. The number of carbonyl (C=O) groups excluding carboxylic acids is 2. The minimum atomic E-state index is -0.326. The predicted molar refractivity (Wildman–Crippen MR) is 65.5 cm³/mol. The molecule has 0 spiro atoms. The number of hydrogen-bond acceptors (Lipinski definition) is 3. The van der Waals surface area contributed by atoms with Gasteiger partial charge in [-0.05, 0) is 26.7 Å². The fourth-order valence-corrected chi connectivity index (χ4v) is 1.66. The summed E-state index contributed by atoms with van der Waals surface area (Å²) in [5, 5.41) is 0. The van der Waals surface area contributed by atoms with Gasteiger partial charge in [0.25, 0.3) is 0 Å². The van der Waals surface area contributed by atoms with Crippen LogP contribution in [0.3, 0.4) is 0 Å². The van der Waals surface area contributed by atoms with E-state index in [1.807, 2.05) is 0 Å². The molecule has 0 radical (unpaired) electrons. The van der Waals surface area contributed by atoms with Gasteiger partial charge in [0, 0.05) is 18.7 Å². The lowest BCUT2D eigenvalue weighted by molar-refractivity contribution is -0.120. The first kappa shape index (κ1) is 14.8. The number of Topliss-reactive ketones (excluding diaryl/α,β-unsaturated/α-hetero) is 1. The third-order valence-electron chi connectivity index (χ3n) is 2.74. The van der Waals surface area contributed by atoms with E-state index in [1.165, 1.54) is 12.8 Å². The number of carbonyl (C=O) groups is 2. The average molecular weight is 226 g/mol. The molecule has 1 aliphatic rings. The minimum Gasteiger partial charge on any atom is -0.369 e. The standard InChI is InChI=1S/C7H12O.C5H10N2O/c1-6(8)7-4-2-3-5-7;1-4(7-2)3-5(6)8/h7H,2-5H2,1H3;3H2,1-2H3,(H2,6,8). The van der Waals surface area contributed by atoms with Gasteiger partial charge >= 0.3 is 0 Å². The zero-order valence-electron chi connectivity index (χ0n) is 10.5. The second-order valence-corrected chi connectivity index (χ2v) is 4.19. The Morgan fingerprint density at radius 1 is 1.25 bits per heavy atom. The van der Waals surface area contributed by atoms with Crippen molar-refractivity contribution in [2.75, 3.05) is 7.05 Å². The Hall–Kier alpha value is -1.19. The quantitative estimate of drug-likeness (QED) is 0.744. The van der Waals surface area contributed by atoms with Gasteiger partial charge < -0.3 is 5.73 Å². The van der Waals surface area contributed by atoms with Crippen LogP contribution in [-0.4, -0.2) is 24.4 Å². The highest BCUT2D eigenvalue weighted by Gasteiger charge is 2.18. The fourth-order valence-electron chi connectivity index (χ4n) is 1.66. The molecule has 0 aromatic carbocycles. The molecule has 2 N–H and O–H groups in total. The molecule has 1 fully saturated rings. The molecule has 92 valence electrons. The van der Waals surface area contributed by atoms with Crippen molar-refractivity contribution in [2.24, 2.45) is 16.6 Å². The summed E-state index contributed by atoms with van der Waals surface area (Å²) in [5.41, 5.74) is 5.62. The predicted octanol–water partition coefficient (Wildman–Crippen LogP) is 1.72. The number of hydrogen-bond donors (Lipinski definition) is 1. The van der Waals surface area contributed by atoms with E-state index in [0.29, 0.717) is 11.7 Å². The maximum atomic E-state index is 10.6. The molecular formula is C12H22N2O2. The molecule has 16 heavy (non-hydrogen) atoms. The first-order valence-corrected chi connectivity index (χ1v) is 5.68. The Balaban J connectivity index is 0.000000281. The Morgan fingerprint density at radius 3 is 1.94 bits per heavy atom. The highest BCUT2D eigenvalue weighted by molar-refractivity contribution is 5.98. The largest absolute Gasteiger partial charge is 0.369 e. The lowest BCUT2D eigenvalue weighted by atomic mass is 10.0. The number of nitrogens with two attached hydrogens (primary N) is 1. The number of primary amides is 1. The average Bonchev–Trinajstić information content (AvgIpc) is 2.70. The zero-order valence-corrected chi connectivity index (χ0v) is 10.5. The summed E-state index contributed by atoms with van der Waals surface area (Å²) >= 11 is 0. The van der Waals surface area contributed by atoms with E-state index >= 15 is 0 Å². The van der Waals surface area contributed by atoms with Crippen LogP contribution in [0.2, 0.25) is 0 Å². The summed E-state index contributed by atoms with van der Waals surface area (Å²) in [7, 11) is 1.64. The van der Waals surface area contributed by atoms with E-state index in [-0.39, 0.29) is 12.3 Å². The second kappa shape index (κ2) is 8.02. The maximum Gasteiger partial charge on any atom is 0.223 e. The van der Waals surface area contributed by atoms with Gasteiger partial charge in [-0.1, -0.05) is 12.8 Å². The van der Waals surface area contributed by atoms with Crippen LogP contribution in [0.4, 0.5) is 0 Å². The van der Waals surface area contributed by atoms with Crippen molar-refractivity contribution >= 4 is 17.4 Å². The van der Waals surface area contributed by atoms with Gasteiger partial charge in [0.15, 0.2) is 0 Å². The molecule has 4 heteroatoms. The maximum absolute atomic E-state index is 10.6. The number of amides is 1. The summed E-state index contributed by atoms with van der Waals surface area (Å²) in [6.07, 6.45) is 5.11. The summed E-state index contributed by atoms with van der Waals surface area (Å²) < 4.78 is 0. The fraction of sp³-hybridized carbons (Fsp3) is 0.750. The van der Waals surface area contributed by atoms with Crippen molar-refractivity contribution in [3.8, 4) is 0 Å². The molecule has 1 saturated carbocycles. The van der Waals surface area contributed by atoms with E-state index in [2.05, 4.69) is 4.99 Å². The van der Waals surface area contributed by atoms with Crippen LogP contribution in [0.25, 0.3) is 0 Å². The van der Waals surface area contributed by atoms with Crippen LogP contribution >= 0.6 is 0 Å². The van der Waals surface area contributed by atoms with Gasteiger partial charge in [-0.15, -0.1) is 0 Å². The molecule has 0 atom stereocenters. The summed E-state index contributed by atoms with van der Waals surface area (Å²) in [6, 6.07) is 0. The lowest BCUT2D eigenvalue weighted by Crippen LogP contribution is -2.14. The van der Waals surface area contributed by atoms with Gasteiger partial charge in [-0.25, -0.2) is 0 Å².